The molecule has 1 aromatic heterocycles. The van der Waals surface area contributed by atoms with Gasteiger partial charge in [0.25, 0.3) is 0 Å². The van der Waals surface area contributed by atoms with Crippen molar-refractivity contribution in [3.05, 3.63) is 58.4 Å². The maximum Gasteiger partial charge on any atom is 0.191 e. The second kappa shape index (κ2) is 9.06. The van der Waals surface area contributed by atoms with Gasteiger partial charge in [-0.1, -0.05) is 29.8 Å². The summed E-state index contributed by atoms with van der Waals surface area (Å²) < 4.78 is 5.47. The van der Waals surface area contributed by atoms with Crippen LogP contribution in [0, 0.1) is 20.8 Å². The third-order valence-electron chi connectivity index (χ3n) is 4.06. The highest BCUT2D eigenvalue weighted by Crippen LogP contribution is 2.23. The van der Waals surface area contributed by atoms with Crippen LogP contribution in [0.2, 0.25) is 0 Å². The quantitative estimate of drug-likeness (QED) is 0.626. The number of ether oxygens (including phenoxy) is 1. The summed E-state index contributed by atoms with van der Waals surface area (Å²) in [7, 11) is 1.69. The molecule has 2 N–H and O–H groups in total. The Hall–Kier alpha value is -2.56. The summed E-state index contributed by atoms with van der Waals surface area (Å²) >= 11 is 0. The van der Waals surface area contributed by atoms with Gasteiger partial charge in [0.15, 0.2) is 5.96 Å². The number of benzene rings is 1. The smallest absolute Gasteiger partial charge is 0.191 e. The standard InChI is InChI=1S/C20H28N4O/c1-6-21-20(23-12-17-9-7-14(2)8-10-17)24-13-18-16(4)19(25-5)15(3)11-22-18/h7-11H,6,12-13H2,1-5H3,(H2,21,23,24). The van der Waals surface area contributed by atoms with Gasteiger partial charge in [-0.25, -0.2) is 4.99 Å². The molecule has 1 heterocycles. The van der Waals surface area contributed by atoms with Gasteiger partial charge in [-0.2, -0.15) is 0 Å². The van der Waals surface area contributed by atoms with Crippen LogP contribution in [0.5, 0.6) is 5.75 Å². The summed E-state index contributed by atoms with van der Waals surface area (Å²) in [6, 6.07) is 8.44. The van der Waals surface area contributed by atoms with Crippen LogP contribution >= 0.6 is 0 Å². The van der Waals surface area contributed by atoms with Crippen LogP contribution in [0.3, 0.4) is 0 Å². The summed E-state index contributed by atoms with van der Waals surface area (Å²) in [4.78, 5) is 9.17. The molecule has 25 heavy (non-hydrogen) atoms. The lowest BCUT2D eigenvalue weighted by molar-refractivity contribution is 0.406. The molecule has 0 fully saturated rings. The van der Waals surface area contributed by atoms with E-state index in [0.717, 1.165) is 35.1 Å². The third kappa shape index (κ3) is 5.21. The zero-order valence-electron chi connectivity index (χ0n) is 15.8. The average molecular weight is 340 g/mol. The van der Waals surface area contributed by atoms with Crippen LogP contribution in [-0.2, 0) is 13.1 Å². The van der Waals surface area contributed by atoms with Crippen LogP contribution in [0.15, 0.2) is 35.5 Å². The fourth-order valence-electron chi connectivity index (χ4n) is 2.62. The maximum absolute atomic E-state index is 5.47. The van der Waals surface area contributed by atoms with Crippen molar-refractivity contribution in [3.63, 3.8) is 0 Å². The zero-order chi connectivity index (χ0) is 18.2. The molecule has 0 atom stereocenters. The van der Waals surface area contributed by atoms with Crippen molar-refractivity contribution >= 4 is 5.96 Å². The van der Waals surface area contributed by atoms with Crippen LogP contribution in [0.1, 0.15) is 34.9 Å². The van der Waals surface area contributed by atoms with Crippen molar-refractivity contribution in [3.8, 4) is 5.75 Å². The number of aromatic nitrogens is 1. The van der Waals surface area contributed by atoms with Crippen LogP contribution < -0.4 is 15.4 Å². The molecule has 2 rings (SSSR count). The van der Waals surface area contributed by atoms with Crippen molar-refractivity contribution in [1.29, 1.82) is 0 Å². The Morgan fingerprint density at radius 3 is 2.48 bits per heavy atom. The number of methoxy groups -OCH3 is 1. The Kier molecular flexibility index (Phi) is 6.81. The van der Waals surface area contributed by atoms with Gasteiger partial charge >= 0.3 is 0 Å². The molecular formula is C20H28N4O. The predicted molar refractivity (Wildman–Crippen MR) is 103 cm³/mol. The summed E-state index contributed by atoms with van der Waals surface area (Å²) in [5.74, 6) is 1.68. The van der Waals surface area contributed by atoms with Crippen molar-refractivity contribution in [1.82, 2.24) is 15.6 Å². The minimum atomic E-state index is 0.599. The van der Waals surface area contributed by atoms with Gasteiger partial charge in [-0.05, 0) is 33.3 Å². The monoisotopic (exact) mass is 340 g/mol. The van der Waals surface area contributed by atoms with E-state index in [-0.39, 0.29) is 0 Å². The molecule has 0 aliphatic carbocycles. The molecule has 0 bridgehead atoms. The van der Waals surface area contributed by atoms with Gasteiger partial charge in [-0.3, -0.25) is 4.98 Å². The normalized spacial score (nSPS) is 11.3. The topological polar surface area (TPSA) is 58.5 Å². The molecule has 0 saturated heterocycles. The molecule has 5 nitrogen and oxygen atoms in total. The predicted octanol–water partition coefficient (Wildman–Crippen LogP) is 3.27. The first-order valence-electron chi connectivity index (χ1n) is 8.62. The van der Waals surface area contributed by atoms with E-state index < -0.39 is 0 Å². The van der Waals surface area contributed by atoms with E-state index in [2.05, 4.69) is 58.7 Å². The van der Waals surface area contributed by atoms with E-state index in [0.29, 0.717) is 13.1 Å². The van der Waals surface area contributed by atoms with Gasteiger partial charge in [0.2, 0.25) is 0 Å². The molecule has 0 spiro atoms. The summed E-state index contributed by atoms with van der Waals surface area (Å²) in [6.45, 7) is 10.2. The molecule has 1 aromatic carbocycles. The van der Waals surface area contributed by atoms with E-state index >= 15 is 0 Å². The molecule has 0 aliphatic heterocycles. The number of guanidine groups is 1. The number of aliphatic imine (C=N–C) groups is 1. The van der Waals surface area contributed by atoms with E-state index in [1.165, 1.54) is 11.1 Å². The summed E-state index contributed by atoms with van der Waals surface area (Å²) in [5, 5.41) is 6.62. The second-order valence-electron chi connectivity index (χ2n) is 6.08. The Balaban J connectivity index is 2.06. The number of rotatable bonds is 6. The number of pyridine rings is 1. The van der Waals surface area contributed by atoms with Crippen molar-refractivity contribution in [2.45, 2.75) is 40.8 Å². The molecule has 0 radical (unpaired) electrons. The molecule has 2 aromatic rings. The van der Waals surface area contributed by atoms with Crippen molar-refractivity contribution < 1.29 is 4.74 Å². The SMILES string of the molecule is CCNC(=NCc1ccc(C)cc1)NCc1ncc(C)c(OC)c1C. The van der Waals surface area contributed by atoms with Gasteiger partial charge in [0.05, 0.1) is 25.9 Å². The third-order valence-corrected chi connectivity index (χ3v) is 4.06. The lowest BCUT2D eigenvalue weighted by Gasteiger charge is -2.15. The Morgan fingerprint density at radius 2 is 1.84 bits per heavy atom. The lowest BCUT2D eigenvalue weighted by Crippen LogP contribution is -2.37. The van der Waals surface area contributed by atoms with Crippen LogP contribution in [-0.4, -0.2) is 24.6 Å². The Morgan fingerprint density at radius 1 is 1.12 bits per heavy atom. The fourth-order valence-corrected chi connectivity index (χ4v) is 2.62. The largest absolute Gasteiger partial charge is 0.496 e. The maximum atomic E-state index is 5.47. The Bertz CT molecular complexity index is 723. The number of nitrogens with one attached hydrogen (secondary N) is 2. The van der Waals surface area contributed by atoms with E-state index in [1.807, 2.05) is 20.0 Å². The summed E-state index contributed by atoms with van der Waals surface area (Å²) in [5.41, 5.74) is 5.51. The van der Waals surface area contributed by atoms with E-state index in [1.54, 1.807) is 7.11 Å². The lowest BCUT2D eigenvalue weighted by atomic mass is 10.1. The molecule has 5 heteroatoms. The van der Waals surface area contributed by atoms with Gasteiger partial charge in [-0.15, -0.1) is 0 Å². The number of nitrogens with zero attached hydrogens (tertiary/aromatic N) is 2. The molecular weight excluding hydrogens is 312 g/mol. The van der Waals surface area contributed by atoms with Gasteiger partial charge < -0.3 is 15.4 Å². The first-order valence-corrected chi connectivity index (χ1v) is 8.62. The van der Waals surface area contributed by atoms with Crippen molar-refractivity contribution in [2.24, 2.45) is 4.99 Å². The highest BCUT2D eigenvalue weighted by Gasteiger charge is 2.09. The Labute approximate surface area is 150 Å². The van der Waals surface area contributed by atoms with Gasteiger partial charge in [0.1, 0.15) is 5.75 Å². The minimum absolute atomic E-state index is 0.599. The number of hydrogen-bond acceptors (Lipinski definition) is 3. The molecule has 0 unspecified atom stereocenters. The van der Waals surface area contributed by atoms with Crippen LogP contribution in [0.25, 0.3) is 0 Å². The molecule has 134 valence electrons. The highest BCUT2D eigenvalue weighted by molar-refractivity contribution is 5.79. The average Bonchev–Trinajstić information content (AvgIpc) is 2.60. The van der Waals surface area contributed by atoms with Crippen molar-refractivity contribution in [2.75, 3.05) is 13.7 Å². The number of hydrogen-bond donors (Lipinski definition) is 2. The van der Waals surface area contributed by atoms with Gasteiger partial charge in [0, 0.05) is 23.9 Å². The summed E-state index contributed by atoms with van der Waals surface area (Å²) in [6.07, 6.45) is 1.85. The van der Waals surface area contributed by atoms with E-state index in [9.17, 15) is 0 Å². The minimum Gasteiger partial charge on any atom is -0.496 e. The molecule has 0 saturated carbocycles. The number of aryl methyl sites for hydroxylation is 2. The molecule has 0 amide bonds. The zero-order valence-corrected chi connectivity index (χ0v) is 15.8. The van der Waals surface area contributed by atoms with Crippen LogP contribution in [0.4, 0.5) is 0 Å². The van der Waals surface area contributed by atoms with E-state index in [4.69, 9.17) is 4.74 Å². The second-order valence-corrected chi connectivity index (χ2v) is 6.08. The first kappa shape index (κ1) is 18.8. The highest BCUT2D eigenvalue weighted by atomic mass is 16.5. The fraction of sp³-hybridized carbons (Fsp3) is 0.400. The molecule has 0 aliphatic rings. The first-order chi connectivity index (χ1) is 12.0.